The van der Waals surface area contributed by atoms with Gasteiger partial charge in [0.2, 0.25) is 0 Å². The molecule has 1 heterocycles. The van der Waals surface area contributed by atoms with Crippen molar-refractivity contribution < 1.29 is 16.6 Å². The first-order valence-corrected chi connectivity index (χ1v) is 23.1. The van der Waals surface area contributed by atoms with Gasteiger partial charge in [0.15, 0.2) is 0 Å². The van der Waals surface area contributed by atoms with Crippen molar-refractivity contribution >= 4 is 63.5 Å². The zero-order valence-corrected chi connectivity index (χ0v) is 26.7. The molecule has 0 spiro atoms. The fraction of sp³-hybridized carbons (Fsp3) is 0.429. The molecular weight excluding hydrogens is 511 g/mol. The van der Waals surface area contributed by atoms with Crippen LogP contribution >= 0.6 is 24.8 Å². The van der Waals surface area contributed by atoms with E-state index < -0.39 is 32.7 Å². The predicted octanol–water partition coefficient (Wildman–Crippen LogP) is 8.24. The van der Waals surface area contributed by atoms with Crippen molar-refractivity contribution in [3.63, 3.8) is 0 Å². The standard InChI is InChI=1S/2C13H17Si.C2H4.2ClH.Ti/c2*1-10-8-11-6-5-7-13(12(11)9-10)14(2,3)4;1-2;;;/h2*5-9H,1-4H3;1-2H2;2*1H;. The van der Waals surface area contributed by atoms with E-state index >= 15 is 0 Å². The van der Waals surface area contributed by atoms with Crippen molar-refractivity contribution in [2.24, 2.45) is 0 Å². The Hall–Kier alpha value is -0.352. The molecule has 1 aliphatic heterocycles. The smallest absolute Gasteiger partial charge is 0.147 e. The predicted molar refractivity (Wildman–Crippen MR) is 156 cm³/mol. The van der Waals surface area contributed by atoms with Crippen LogP contribution in [0.5, 0.6) is 0 Å². The average Bonchev–Trinajstić information content (AvgIpc) is 3.23. The molecular formula is C28H40Cl2Si2Ti. The van der Waals surface area contributed by atoms with Gasteiger partial charge in [0, 0.05) is 0 Å². The summed E-state index contributed by atoms with van der Waals surface area (Å²) in [5.74, 6) is 0. The molecule has 3 aliphatic rings. The van der Waals surface area contributed by atoms with Gasteiger partial charge in [-0.05, 0) is 0 Å². The van der Waals surface area contributed by atoms with Crippen LogP contribution in [0, 0.1) is 0 Å². The second-order valence-electron chi connectivity index (χ2n) is 12.5. The molecule has 2 atom stereocenters. The van der Waals surface area contributed by atoms with E-state index in [1.54, 1.807) is 53.2 Å². The van der Waals surface area contributed by atoms with E-state index in [0.29, 0.717) is 0 Å². The Kier molecular flexibility index (Phi) is 7.38. The first-order chi connectivity index (χ1) is 14.4. The van der Waals surface area contributed by atoms with Crippen LogP contribution in [0.4, 0.5) is 0 Å². The molecule has 2 aromatic rings. The SMILES string of the molecule is CC1=Cc2c(cccc2[Si](C)(C)C)[CH]1[Ti]1([CH]2C(C)=Cc3c2cccc3[Si](C)(C)C)[CH2][CH2]1.Cl.Cl. The normalized spacial score (nSPS) is 22.4. The summed E-state index contributed by atoms with van der Waals surface area (Å²) >= 11 is -2.13. The monoisotopic (exact) mass is 550 g/mol. The number of hydrogen-bond donors (Lipinski definition) is 0. The first-order valence-electron chi connectivity index (χ1n) is 12.1. The summed E-state index contributed by atoms with van der Waals surface area (Å²) in [5, 5.41) is 3.34. The minimum Gasteiger partial charge on any atom is -0.147 e. The minimum atomic E-state index is -2.13. The largest absolute Gasteiger partial charge is 0.147 e. The van der Waals surface area contributed by atoms with Gasteiger partial charge >= 0.3 is 196 Å². The van der Waals surface area contributed by atoms with Crippen molar-refractivity contribution in [1.82, 2.24) is 0 Å². The number of fused-ring (bicyclic) bond motifs is 2. The quantitative estimate of drug-likeness (QED) is 0.336. The zero-order valence-electron chi connectivity index (χ0n) is 21.5. The number of halogens is 2. The molecule has 0 saturated carbocycles. The molecule has 2 unspecified atom stereocenters. The van der Waals surface area contributed by atoms with E-state index in [4.69, 9.17) is 0 Å². The van der Waals surface area contributed by atoms with Crippen molar-refractivity contribution in [1.29, 1.82) is 0 Å². The third-order valence-corrected chi connectivity index (χ3v) is 20.8. The first kappa shape index (κ1) is 27.2. The van der Waals surface area contributed by atoms with Gasteiger partial charge in [-0.3, -0.25) is 0 Å². The second-order valence-corrected chi connectivity index (χ2v) is 29.8. The molecule has 0 radical (unpaired) electrons. The summed E-state index contributed by atoms with van der Waals surface area (Å²) in [7, 11) is -2.70. The molecule has 33 heavy (non-hydrogen) atoms. The molecule has 0 N–H and O–H groups in total. The van der Waals surface area contributed by atoms with E-state index in [0.717, 1.165) is 8.45 Å². The van der Waals surface area contributed by atoms with Crippen LogP contribution < -0.4 is 10.4 Å². The molecule has 2 aromatic carbocycles. The fourth-order valence-electron chi connectivity index (χ4n) is 6.83. The van der Waals surface area contributed by atoms with Gasteiger partial charge in [-0.15, -0.1) is 24.8 Å². The van der Waals surface area contributed by atoms with Gasteiger partial charge in [-0.25, -0.2) is 0 Å². The van der Waals surface area contributed by atoms with Crippen molar-refractivity contribution in [2.75, 3.05) is 0 Å². The Labute approximate surface area is 219 Å². The van der Waals surface area contributed by atoms with Crippen LogP contribution in [0.3, 0.4) is 0 Å². The second kappa shape index (κ2) is 8.95. The molecule has 1 saturated heterocycles. The Morgan fingerprint density at radius 2 is 1.00 bits per heavy atom. The number of allylic oxidation sites excluding steroid dienone is 2. The number of hydrogen-bond acceptors (Lipinski definition) is 0. The number of benzene rings is 2. The molecule has 0 nitrogen and oxygen atoms in total. The van der Waals surface area contributed by atoms with E-state index in [-0.39, 0.29) is 24.8 Å². The molecule has 5 rings (SSSR count). The maximum atomic E-state index is 2.60. The molecule has 2 aliphatic carbocycles. The summed E-state index contributed by atoms with van der Waals surface area (Å²) in [6.07, 6.45) is 5.21. The maximum absolute atomic E-state index is 2.60. The fourth-order valence-corrected chi connectivity index (χ4v) is 20.5. The molecule has 178 valence electrons. The Balaban J connectivity index is 0.00000153. The van der Waals surface area contributed by atoms with Gasteiger partial charge in [0.1, 0.15) is 0 Å². The van der Waals surface area contributed by atoms with Crippen LogP contribution in [0.2, 0.25) is 48.7 Å². The molecule has 0 aromatic heterocycles. The molecule has 0 amide bonds. The van der Waals surface area contributed by atoms with Crippen LogP contribution in [0.25, 0.3) is 12.2 Å². The summed E-state index contributed by atoms with van der Waals surface area (Å²) in [4.78, 5) is 0. The average molecular weight is 552 g/mol. The topological polar surface area (TPSA) is 0 Å². The summed E-state index contributed by atoms with van der Waals surface area (Å²) in [5.41, 5.74) is 10.0. The molecule has 1 fully saturated rings. The van der Waals surface area contributed by atoms with Gasteiger partial charge in [0.05, 0.1) is 0 Å². The van der Waals surface area contributed by atoms with Gasteiger partial charge in [-0.1, -0.05) is 0 Å². The van der Waals surface area contributed by atoms with Gasteiger partial charge in [-0.2, -0.15) is 0 Å². The van der Waals surface area contributed by atoms with Gasteiger partial charge in [0.25, 0.3) is 0 Å². The Morgan fingerprint density at radius 3 is 1.30 bits per heavy atom. The number of rotatable bonds is 4. The summed E-state index contributed by atoms with van der Waals surface area (Å²) < 4.78 is 4.61. The van der Waals surface area contributed by atoms with Crippen LogP contribution in [0.15, 0.2) is 47.5 Å². The summed E-state index contributed by atoms with van der Waals surface area (Å²) in [6.45, 7) is 19.9. The molecule has 0 bridgehead atoms. The maximum Gasteiger partial charge on any atom is -0.147 e. The van der Waals surface area contributed by atoms with Crippen molar-refractivity contribution in [3.8, 4) is 0 Å². The minimum absolute atomic E-state index is 0. The third kappa shape index (κ3) is 4.28. The zero-order chi connectivity index (χ0) is 22.3. The van der Waals surface area contributed by atoms with Crippen molar-refractivity contribution in [2.45, 2.75) is 71.0 Å². The van der Waals surface area contributed by atoms with E-state index in [2.05, 4.69) is 102 Å². The van der Waals surface area contributed by atoms with Crippen LogP contribution in [-0.4, -0.2) is 16.1 Å². The Bertz CT molecular complexity index is 1060. The third-order valence-electron chi connectivity index (χ3n) is 8.15. The van der Waals surface area contributed by atoms with Gasteiger partial charge < -0.3 is 0 Å². The van der Waals surface area contributed by atoms with E-state index in [9.17, 15) is 0 Å². The van der Waals surface area contributed by atoms with E-state index in [1.807, 2.05) is 0 Å². The molecule has 5 heteroatoms. The van der Waals surface area contributed by atoms with Crippen molar-refractivity contribution in [3.05, 3.63) is 69.8 Å². The Morgan fingerprint density at radius 1 is 0.636 bits per heavy atom. The van der Waals surface area contributed by atoms with Crippen LogP contribution in [0.1, 0.15) is 44.5 Å². The van der Waals surface area contributed by atoms with E-state index in [1.165, 1.54) is 0 Å². The van der Waals surface area contributed by atoms with Crippen LogP contribution in [-0.2, 0) is 16.6 Å². The summed E-state index contributed by atoms with van der Waals surface area (Å²) in [6, 6.07) is 14.6.